The molecule has 2 atom stereocenters. The average molecular weight is 352 g/mol. The van der Waals surface area contributed by atoms with Crippen molar-refractivity contribution in [2.75, 3.05) is 19.7 Å². The lowest BCUT2D eigenvalue weighted by atomic mass is 9.85. The summed E-state index contributed by atoms with van der Waals surface area (Å²) in [6.07, 6.45) is 9.09. The lowest BCUT2D eigenvalue weighted by Crippen LogP contribution is -2.55. The molecule has 0 heterocycles. The molecule has 2 N–H and O–H groups in total. The highest BCUT2D eigenvalue weighted by molar-refractivity contribution is 5.77. The molecule has 3 rings (SSSR count). The number of carbonyl (C=O) groups is 2. The van der Waals surface area contributed by atoms with E-state index in [1.165, 1.54) is 32.1 Å². The zero-order valence-electron chi connectivity index (χ0n) is 15.3. The maximum absolute atomic E-state index is 12.1. The molecule has 142 valence electrons. The second-order valence-electron chi connectivity index (χ2n) is 8.27. The first kappa shape index (κ1) is 18.6. The summed E-state index contributed by atoms with van der Waals surface area (Å²) in [4.78, 5) is 25.2. The molecule has 0 aromatic carbocycles. The Morgan fingerprint density at radius 2 is 1.88 bits per heavy atom. The van der Waals surface area contributed by atoms with Crippen LogP contribution in [0.3, 0.4) is 0 Å². The SMILES string of the molecule is CC1CCCCC1OCC(=O)NC1CC(N(CC(=O)O)CC2CC2)C1. The van der Waals surface area contributed by atoms with Gasteiger partial charge in [-0.05, 0) is 50.4 Å². The highest BCUT2D eigenvalue weighted by Gasteiger charge is 2.37. The number of aliphatic carboxylic acids is 1. The zero-order chi connectivity index (χ0) is 17.8. The van der Waals surface area contributed by atoms with Gasteiger partial charge in [0.15, 0.2) is 0 Å². The minimum atomic E-state index is -0.761. The van der Waals surface area contributed by atoms with E-state index in [1.807, 2.05) is 0 Å². The summed E-state index contributed by atoms with van der Waals surface area (Å²) in [6, 6.07) is 0.460. The van der Waals surface area contributed by atoms with Crippen LogP contribution in [-0.4, -0.2) is 59.8 Å². The van der Waals surface area contributed by atoms with Crippen molar-refractivity contribution in [1.29, 1.82) is 0 Å². The van der Waals surface area contributed by atoms with Crippen LogP contribution in [0, 0.1) is 11.8 Å². The summed E-state index contributed by atoms with van der Waals surface area (Å²) in [7, 11) is 0. The van der Waals surface area contributed by atoms with Crippen LogP contribution in [0.15, 0.2) is 0 Å². The van der Waals surface area contributed by atoms with E-state index < -0.39 is 5.97 Å². The predicted octanol–water partition coefficient (Wildman–Crippen LogP) is 2.03. The van der Waals surface area contributed by atoms with Crippen molar-refractivity contribution in [2.45, 2.75) is 76.5 Å². The van der Waals surface area contributed by atoms with Crippen molar-refractivity contribution in [3.8, 4) is 0 Å². The molecular weight excluding hydrogens is 320 g/mol. The number of nitrogens with one attached hydrogen (secondary N) is 1. The van der Waals surface area contributed by atoms with Crippen molar-refractivity contribution >= 4 is 11.9 Å². The van der Waals surface area contributed by atoms with E-state index in [9.17, 15) is 9.59 Å². The van der Waals surface area contributed by atoms with Crippen molar-refractivity contribution in [3.05, 3.63) is 0 Å². The third-order valence-electron chi connectivity index (χ3n) is 5.98. The van der Waals surface area contributed by atoms with E-state index in [1.54, 1.807) is 0 Å². The summed E-state index contributed by atoms with van der Waals surface area (Å²) in [5.41, 5.74) is 0. The average Bonchev–Trinajstić information content (AvgIpc) is 3.32. The van der Waals surface area contributed by atoms with Crippen molar-refractivity contribution < 1.29 is 19.4 Å². The lowest BCUT2D eigenvalue weighted by Gasteiger charge is -2.42. The quantitative estimate of drug-likeness (QED) is 0.664. The fourth-order valence-electron chi connectivity index (χ4n) is 4.13. The van der Waals surface area contributed by atoms with E-state index in [0.29, 0.717) is 17.9 Å². The van der Waals surface area contributed by atoms with Crippen molar-refractivity contribution in [3.63, 3.8) is 0 Å². The predicted molar refractivity (Wildman–Crippen MR) is 94.3 cm³/mol. The molecule has 0 aromatic heterocycles. The Bertz CT molecular complexity index is 474. The Kier molecular flexibility index (Phi) is 6.34. The van der Waals surface area contributed by atoms with Crippen molar-refractivity contribution in [2.24, 2.45) is 11.8 Å². The summed E-state index contributed by atoms with van der Waals surface area (Å²) in [5, 5.41) is 12.1. The monoisotopic (exact) mass is 352 g/mol. The summed E-state index contributed by atoms with van der Waals surface area (Å²) in [5.74, 6) is 0.428. The summed E-state index contributed by atoms with van der Waals surface area (Å²) >= 11 is 0. The maximum atomic E-state index is 12.1. The second-order valence-corrected chi connectivity index (χ2v) is 8.27. The molecule has 6 heteroatoms. The zero-order valence-corrected chi connectivity index (χ0v) is 15.3. The van der Waals surface area contributed by atoms with Gasteiger partial charge in [-0.15, -0.1) is 0 Å². The van der Waals surface area contributed by atoms with Crippen LogP contribution in [0.25, 0.3) is 0 Å². The lowest BCUT2D eigenvalue weighted by molar-refractivity contribution is -0.140. The molecule has 1 amide bonds. The third kappa shape index (κ3) is 5.68. The Morgan fingerprint density at radius 3 is 2.52 bits per heavy atom. The van der Waals surface area contributed by atoms with Gasteiger partial charge in [0, 0.05) is 18.6 Å². The fourth-order valence-corrected chi connectivity index (χ4v) is 4.13. The summed E-state index contributed by atoms with van der Waals surface area (Å²) in [6.45, 7) is 3.36. The number of carboxylic acids is 1. The minimum Gasteiger partial charge on any atom is -0.480 e. The largest absolute Gasteiger partial charge is 0.480 e. The molecule has 2 unspecified atom stereocenters. The first-order valence-electron chi connectivity index (χ1n) is 9.88. The smallest absolute Gasteiger partial charge is 0.317 e. The molecule has 3 saturated carbocycles. The number of hydrogen-bond donors (Lipinski definition) is 2. The van der Waals surface area contributed by atoms with Gasteiger partial charge in [0.05, 0.1) is 12.6 Å². The molecular formula is C19H32N2O4. The molecule has 0 radical (unpaired) electrons. The molecule has 25 heavy (non-hydrogen) atoms. The summed E-state index contributed by atoms with van der Waals surface area (Å²) < 4.78 is 5.81. The van der Waals surface area contributed by atoms with Gasteiger partial charge < -0.3 is 15.2 Å². The number of amides is 1. The minimum absolute atomic E-state index is 0.0341. The van der Waals surface area contributed by atoms with Crippen LogP contribution in [0.1, 0.15) is 58.3 Å². The van der Waals surface area contributed by atoms with Crippen LogP contribution >= 0.6 is 0 Å². The molecule has 6 nitrogen and oxygen atoms in total. The molecule has 0 aromatic rings. The maximum Gasteiger partial charge on any atom is 0.317 e. The van der Waals surface area contributed by atoms with E-state index in [0.717, 1.165) is 25.8 Å². The molecule has 0 aliphatic heterocycles. The number of nitrogens with zero attached hydrogens (tertiary/aromatic N) is 1. The third-order valence-corrected chi connectivity index (χ3v) is 5.98. The van der Waals surface area contributed by atoms with E-state index in [2.05, 4.69) is 17.1 Å². The number of carboxylic acid groups (broad SMARTS) is 1. The molecule has 0 bridgehead atoms. The van der Waals surface area contributed by atoms with Gasteiger partial charge in [-0.1, -0.05) is 19.8 Å². The van der Waals surface area contributed by atoms with Gasteiger partial charge in [-0.2, -0.15) is 0 Å². The molecule has 3 fully saturated rings. The van der Waals surface area contributed by atoms with Crippen LogP contribution in [0.4, 0.5) is 0 Å². The Morgan fingerprint density at radius 1 is 1.16 bits per heavy atom. The number of carbonyl (C=O) groups excluding carboxylic acids is 1. The highest BCUT2D eigenvalue weighted by Crippen LogP contribution is 2.33. The van der Waals surface area contributed by atoms with Crippen molar-refractivity contribution in [1.82, 2.24) is 10.2 Å². The van der Waals surface area contributed by atoms with Gasteiger partial charge in [-0.3, -0.25) is 14.5 Å². The van der Waals surface area contributed by atoms with E-state index in [4.69, 9.17) is 9.84 Å². The van der Waals surface area contributed by atoms with Gasteiger partial charge >= 0.3 is 5.97 Å². The Hall–Kier alpha value is -1.14. The topological polar surface area (TPSA) is 78.9 Å². The van der Waals surface area contributed by atoms with Crippen LogP contribution < -0.4 is 5.32 Å². The molecule has 0 spiro atoms. The second kappa shape index (κ2) is 8.49. The fraction of sp³-hybridized carbons (Fsp3) is 0.895. The number of rotatable bonds is 9. The van der Waals surface area contributed by atoms with Gasteiger partial charge in [0.25, 0.3) is 0 Å². The first-order chi connectivity index (χ1) is 12.0. The first-order valence-corrected chi connectivity index (χ1v) is 9.88. The van der Waals surface area contributed by atoms with Crippen LogP contribution in [0.2, 0.25) is 0 Å². The number of hydrogen-bond acceptors (Lipinski definition) is 4. The Balaban J connectivity index is 1.34. The van der Waals surface area contributed by atoms with Gasteiger partial charge in [0.1, 0.15) is 6.61 Å². The van der Waals surface area contributed by atoms with Crippen LogP contribution in [0.5, 0.6) is 0 Å². The van der Waals surface area contributed by atoms with Gasteiger partial charge in [0.2, 0.25) is 5.91 Å². The van der Waals surface area contributed by atoms with E-state index >= 15 is 0 Å². The highest BCUT2D eigenvalue weighted by atomic mass is 16.5. The van der Waals surface area contributed by atoms with Gasteiger partial charge in [-0.25, -0.2) is 0 Å². The molecule has 0 saturated heterocycles. The molecule has 3 aliphatic carbocycles. The Labute approximate surface area is 150 Å². The standard InChI is InChI=1S/C19H32N2O4/c1-13-4-2-3-5-17(13)25-12-18(22)20-15-8-16(9-15)21(11-19(23)24)10-14-6-7-14/h13-17H,2-12H2,1H3,(H,20,22)(H,23,24). The van der Waals surface area contributed by atoms with Crippen LogP contribution in [-0.2, 0) is 14.3 Å². The van der Waals surface area contributed by atoms with E-state index in [-0.39, 0.29) is 31.2 Å². The molecule has 3 aliphatic rings. The number of ether oxygens (including phenoxy) is 1. The normalized spacial score (nSPS) is 32.2.